The second-order valence-electron chi connectivity index (χ2n) is 5.64. The zero-order valence-corrected chi connectivity index (χ0v) is 12.5. The lowest BCUT2D eigenvalue weighted by molar-refractivity contribution is 0.0248. The number of nitrogens with one attached hydrogen (secondary N) is 1. The molecule has 0 aromatic heterocycles. The number of hydrogen-bond acceptors (Lipinski definition) is 3. The summed E-state index contributed by atoms with van der Waals surface area (Å²) in [5.41, 5.74) is 2.84. The minimum absolute atomic E-state index is 0.0158. The smallest absolute Gasteiger partial charge is 0.253 e. The first-order valence-corrected chi connectivity index (χ1v) is 7.34. The Morgan fingerprint density at radius 1 is 1.50 bits per heavy atom. The van der Waals surface area contributed by atoms with Gasteiger partial charge in [0.1, 0.15) is 0 Å². The van der Waals surface area contributed by atoms with E-state index in [0.29, 0.717) is 12.1 Å². The molecule has 1 aliphatic heterocycles. The van der Waals surface area contributed by atoms with Gasteiger partial charge >= 0.3 is 0 Å². The van der Waals surface area contributed by atoms with Crippen LogP contribution < -0.4 is 5.32 Å². The number of anilines is 1. The molecular formula is C16H24N2O2. The summed E-state index contributed by atoms with van der Waals surface area (Å²) in [6, 6.07) is 5.73. The van der Waals surface area contributed by atoms with Crippen molar-refractivity contribution in [2.45, 2.75) is 33.3 Å². The lowest BCUT2D eigenvalue weighted by Crippen LogP contribution is -2.45. The minimum atomic E-state index is -0.408. The van der Waals surface area contributed by atoms with Crippen LogP contribution in [-0.2, 0) is 0 Å². The molecule has 1 saturated heterocycles. The van der Waals surface area contributed by atoms with Gasteiger partial charge in [-0.15, -0.1) is 0 Å². The van der Waals surface area contributed by atoms with Crippen molar-refractivity contribution >= 4 is 11.6 Å². The van der Waals surface area contributed by atoms with Crippen molar-refractivity contribution in [3.8, 4) is 0 Å². The van der Waals surface area contributed by atoms with Gasteiger partial charge in [-0.3, -0.25) is 4.79 Å². The van der Waals surface area contributed by atoms with Crippen molar-refractivity contribution in [1.29, 1.82) is 0 Å². The summed E-state index contributed by atoms with van der Waals surface area (Å²) in [6.07, 6.45) is 0.455. The molecule has 0 saturated carbocycles. The maximum atomic E-state index is 12.5. The van der Waals surface area contributed by atoms with Crippen LogP contribution >= 0.6 is 0 Å². The summed E-state index contributed by atoms with van der Waals surface area (Å²) < 4.78 is 0. The highest BCUT2D eigenvalue weighted by atomic mass is 16.3. The number of aryl methyl sites for hydroxylation is 1. The van der Waals surface area contributed by atoms with E-state index in [0.717, 1.165) is 30.8 Å². The molecule has 20 heavy (non-hydrogen) atoms. The second kappa shape index (κ2) is 6.27. The molecule has 0 radical (unpaired) electrons. The topological polar surface area (TPSA) is 52.6 Å². The lowest BCUT2D eigenvalue weighted by Gasteiger charge is -2.34. The number of aliphatic hydroxyl groups excluding tert-OH is 1. The fraction of sp³-hybridized carbons (Fsp3) is 0.562. The Bertz CT molecular complexity index is 487. The van der Waals surface area contributed by atoms with E-state index in [2.05, 4.69) is 12.2 Å². The highest BCUT2D eigenvalue weighted by molar-refractivity contribution is 5.95. The second-order valence-corrected chi connectivity index (χ2v) is 5.64. The fourth-order valence-corrected chi connectivity index (χ4v) is 2.60. The number of benzene rings is 1. The largest absolute Gasteiger partial charge is 0.391 e. The number of piperidine rings is 1. The van der Waals surface area contributed by atoms with E-state index in [9.17, 15) is 9.90 Å². The Kier molecular flexibility index (Phi) is 4.65. The van der Waals surface area contributed by atoms with E-state index in [-0.39, 0.29) is 11.8 Å². The Morgan fingerprint density at radius 3 is 2.85 bits per heavy atom. The quantitative estimate of drug-likeness (QED) is 0.890. The van der Waals surface area contributed by atoms with Gasteiger partial charge in [-0.2, -0.15) is 0 Å². The Labute approximate surface area is 120 Å². The van der Waals surface area contributed by atoms with Crippen molar-refractivity contribution in [1.82, 2.24) is 4.90 Å². The lowest BCUT2D eigenvalue weighted by atomic mass is 9.95. The molecule has 2 atom stereocenters. The minimum Gasteiger partial charge on any atom is -0.391 e. The van der Waals surface area contributed by atoms with Gasteiger partial charge in [0.2, 0.25) is 0 Å². The summed E-state index contributed by atoms with van der Waals surface area (Å²) in [4.78, 5) is 14.2. The molecule has 0 spiro atoms. The highest BCUT2D eigenvalue weighted by Gasteiger charge is 2.27. The third-order valence-electron chi connectivity index (χ3n) is 4.05. The molecule has 2 rings (SSSR count). The van der Waals surface area contributed by atoms with Crippen LogP contribution in [0.2, 0.25) is 0 Å². The summed E-state index contributed by atoms with van der Waals surface area (Å²) in [6.45, 7) is 8.11. The normalized spacial score (nSPS) is 22.7. The van der Waals surface area contributed by atoms with Crippen molar-refractivity contribution in [2.24, 2.45) is 5.92 Å². The molecule has 4 nitrogen and oxygen atoms in total. The molecule has 0 aliphatic carbocycles. The number of β-amino-alcohol motifs (C(OH)–C–C–N with tert-alkyl or cyclic N) is 1. The number of amides is 1. The molecule has 4 heteroatoms. The maximum Gasteiger partial charge on any atom is 0.253 e. The molecule has 1 aromatic rings. The van der Waals surface area contributed by atoms with Gasteiger partial charge in [0.25, 0.3) is 5.91 Å². The Hall–Kier alpha value is -1.55. The monoisotopic (exact) mass is 276 g/mol. The fourth-order valence-electron chi connectivity index (χ4n) is 2.60. The molecule has 0 bridgehead atoms. The van der Waals surface area contributed by atoms with Gasteiger partial charge in [0.05, 0.1) is 6.10 Å². The third kappa shape index (κ3) is 3.12. The molecule has 1 heterocycles. The van der Waals surface area contributed by atoms with Gasteiger partial charge < -0.3 is 15.3 Å². The maximum absolute atomic E-state index is 12.5. The predicted octanol–water partition coefficient (Wildman–Crippen LogP) is 2.27. The van der Waals surface area contributed by atoms with Crippen molar-refractivity contribution < 1.29 is 9.90 Å². The number of nitrogens with zero attached hydrogens (tertiary/aromatic N) is 1. The van der Waals surface area contributed by atoms with Crippen molar-refractivity contribution in [3.63, 3.8) is 0 Å². The van der Waals surface area contributed by atoms with Crippen LogP contribution in [0.5, 0.6) is 0 Å². The van der Waals surface area contributed by atoms with E-state index in [1.54, 1.807) is 4.90 Å². The molecule has 1 amide bonds. The standard InChI is InChI=1S/C16H24N2O2/c1-4-17-14-6-5-13(9-12(14)3)16(20)18-8-7-11(2)15(19)10-18/h5-6,9,11,15,17,19H,4,7-8,10H2,1-3H3. The molecular weight excluding hydrogens is 252 g/mol. The van der Waals surface area contributed by atoms with Crippen LogP contribution in [-0.4, -0.2) is 41.7 Å². The van der Waals surface area contributed by atoms with Crippen LogP contribution in [0.3, 0.4) is 0 Å². The van der Waals surface area contributed by atoms with E-state index in [1.165, 1.54) is 0 Å². The first-order chi connectivity index (χ1) is 9.52. The van der Waals surface area contributed by atoms with E-state index in [1.807, 2.05) is 32.0 Å². The van der Waals surface area contributed by atoms with Gasteiger partial charge in [-0.25, -0.2) is 0 Å². The van der Waals surface area contributed by atoms with Gasteiger partial charge in [0.15, 0.2) is 0 Å². The molecule has 2 unspecified atom stereocenters. The predicted molar refractivity (Wildman–Crippen MR) is 81.0 cm³/mol. The first-order valence-electron chi connectivity index (χ1n) is 7.34. The average molecular weight is 276 g/mol. The summed E-state index contributed by atoms with van der Waals surface area (Å²) in [7, 11) is 0. The van der Waals surface area contributed by atoms with Crippen LogP contribution in [0.25, 0.3) is 0 Å². The van der Waals surface area contributed by atoms with E-state index >= 15 is 0 Å². The van der Waals surface area contributed by atoms with E-state index in [4.69, 9.17) is 0 Å². The number of hydrogen-bond donors (Lipinski definition) is 2. The number of carbonyl (C=O) groups is 1. The summed E-state index contributed by atoms with van der Waals surface area (Å²) in [5.74, 6) is 0.291. The van der Waals surface area contributed by atoms with Gasteiger partial charge in [-0.05, 0) is 49.9 Å². The first kappa shape index (κ1) is 14.9. The zero-order valence-electron chi connectivity index (χ0n) is 12.5. The number of rotatable bonds is 3. The molecule has 110 valence electrons. The van der Waals surface area contributed by atoms with E-state index < -0.39 is 6.10 Å². The third-order valence-corrected chi connectivity index (χ3v) is 4.05. The van der Waals surface area contributed by atoms with Crippen molar-refractivity contribution in [2.75, 3.05) is 25.0 Å². The average Bonchev–Trinajstić information content (AvgIpc) is 2.43. The Morgan fingerprint density at radius 2 is 2.25 bits per heavy atom. The van der Waals surface area contributed by atoms with Crippen LogP contribution in [0.15, 0.2) is 18.2 Å². The summed E-state index contributed by atoms with van der Waals surface area (Å²) in [5, 5.41) is 13.2. The van der Waals surface area contributed by atoms with Crippen LogP contribution in [0.4, 0.5) is 5.69 Å². The zero-order chi connectivity index (χ0) is 14.7. The number of likely N-dealkylation sites (tertiary alicyclic amines) is 1. The van der Waals surface area contributed by atoms with Gasteiger partial charge in [0, 0.05) is 30.9 Å². The van der Waals surface area contributed by atoms with Crippen molar-refractivity contribution in [3.05, 3.63) is 29.3 Å². The Balaban J connectivity index is 2.11. The van der Waals surface area contributed by atoms with Crippen LogP contribution in [0, 0.1) is 12.8 Å². The van der Waals surface area contributed by atoms with Gasteiger partial charge in [-0.1, -0.05) is 6.92 Å². The van der Waals surface area contributed by atoms with Crippen LogP contribution in [0.1, 0.15) is 36.2 Å². The SMILES string of the molecule is CCNc1ccc(C(=O)N2CCC(C)C(O)C2)cc1C. The molecule has 1 aliphatic rings. The molecule has 2 N–H and O–H groups in total. The highest BCUT2D eigenvalue weighted by Crippen LogP contribution is 2.21. The summed E-state index contributed by atoms with van der Waals surface area (Å²) >= 11 is 0. The molecule has 1 aromatic carbocycles. The number of aliphatic hydroxyl groups is 1. The molecule has 1 fully saturated rings. The number of carbonyl (C=O) groups excluding carboxylic acids is 1.